The summed E-state index contributed by atoms with van der Waals surface area (Å²) in [5, 5.41) is 2.18. The Hall–Kier alpha value is -2.94. The Bertz CT molecular complexity index is 1060. The van der Waals surface area contributed by atoms with Gasteiger partial charge in [-0.3, -0.25) is 10.1 Å². The smallest absolute Gasteiger partial charge is 0.407 e. The molecule has 1 aliphatic rings. The number of nitrogens with one attached hydrogen (secondary N) is 1. The predicted octanol–water partition coefficient (Wildman–Crippen LogP) is 4.94. The van der Waals surface area contributed by atoms with E-state index in [2.05, 4.69) is 5.32 Å². The van der Waals surface area contributed by atoms with Crippen LogP contribution in [-0.2, 0) is 15.1 Å². The zero-order chi connectivity index (χ0) is 24.8. The van der Waals surface area contributed by atoms with E-state index in [1.807, 2.05) is 0 Å². The highest BCUT2D eigenvalue weighted by Crippen LogP contribution is 2.39. The van der Waals surface area contributed by atoms with Crippen LogP contribution in [0.1, 0.15) is 61.6 Å². The maximum atomic E-state index is 14.0. The van der Waals surface area contributed by atoms with Crippen molar-refractivity contribution in [2.75, 3.05) is 0 Å². The van der Waals surface area contributed by atoms with Crippen molar-refractivity contribution in [1.82, 2.24) is 5.32 Å². The van der Waals surface area contributed by atoms with Crippen LogP contribution in [0, 0.1) is 0 Å². The van der Waals surface area contributed by atoms with Crippen LogP contribution in [0.15, 0.2) is 42.5 Å². The molecule has 0 radical (unpaired) electrons. The van der Waals surface area contributed by atoms with Gasteiger partial charge in [-0.15, -0.1) is 0 Å². The van der Waals surface area contributed by atoms with Crippen LogP contribution in [0.4, 0.5) is 17.6 Å². The normalized spacial score (nSPS) is 17.3. The summed E-state index contributed by atoms with van der Waals surface area (Å²) < 4.78 is 60.8. The van der Waals surface area contributed by atoms with Gasteiger partial charge < -0.3 is 10.5 Å². The molecule has 178 valence electrons. The Morgan fingerprint density at radius 2 is 1.64 bits per heavy atom. The van der Waals surface area contributed by atoms with Crippen molar-refractivity contribution < 1.29 is 31.9 Å². The minimum atomic E-state index is -4.75. The quantitative estimate of drug-likeness (QED) is 0.447. The van der Waals surface area contributed by atoms with Gasteiger partial charge in [-0.25, -0.2) is 9.18 Å². The van der Waals surface area contributed by atoms with E-state index in [4.69, 9.17) is 10.5 Å². The Balaban J connectivity index is 1.91. The van der Waals surface area contributed by atoms with Crippen LogP contribution in [0.5, 0.6) is 0 Å². The summed E-state index contributed by atoms with van der Waals surface area (Å²) in [6.07, 6.45) is -5.25. The Labute approximate surface area is 189 Å². The molecule has 2 aromatic rings. The molecule has 3 N–H and O–H groups in total. The molecule has 0 saturated heterocycles. The number of hydrogen-bond acceptors (Lipinski definition) is 4. The summed E-state index contributed by atoms with van der Waals surface area (Å²) in [6.45, 7) is 5.85. The molecular weight excluding hydrogens is 440 g/mol. The molecule has 9 heteroatoms. The molecular formula is C24H26F4N2O3. The largest absolute Gasteiger partial charge is 0.451 e. The van der Waals surface area contributed by atoms with Gasteiger partial charge in [0.15, 0.2) is 0 Å². The summed E-state index contributed by atoms with van der Waals surface area (Å²) >= 11 is 0. The van der Waals surface area contributed by atoms with Crippen molar-refractivity contribution in [3.8, 4) is 11.1 Å². The summed E-state index contributed by atoms with van der Waals surface area (Å²) in [4.78, 5) is 23.6. The fourth-order valence-electron chi connectivity index (χ4n) is 3.92. The lowest BCUT2D eigenvalue weighted by atomic mass is 9.91. The first-order chi connectivity index (χ1) is 15.1. The van der Waals surface area contributed by atoms with E-state index in [0.29, 0.717) is 22.3 Å². The van der Waals surface area contributed by atoms with Crippen molar-refractivity contribution in [2.45, 2.75) is 63.6 Å². The van der Waals surface area contributed by atoms with E-state index in [-0.39, 0.29) is 5.56 Å². The van der Waals surface area contributed by atoms with E-state index in [1.54, 1.807) is 32.0 Å². The first-order valence-electron chi connectivity index (χ1n) is 10.4. The number of nitrogens with two attached hydrogens (primary N) is 1. The van der Waals surface area contributed by atoms with E-state index >= 15 is 0 Å². The molecule has 0 aromatic heterocycles. The van der Waals surface area contributed by atoms with Crippen molar-refractivity contribution in [1.29, 1.82) is 0 Å². The number of carbonyl (C=O) groups is 2. The van der Waals surface area contributed by atoms with Gasteiger partial charge in [0.2, 0.25) is 5.91 Å². The van der Waals surface area contributed by atoms with Crippen molar-refractivity contribution in [2.24, 2.45) is 5.73 Å². The molecule has 2 aromatic carbocycles. The summed E-state index contributed by atoms with van der Waals surface area (Å²) in [6, 6.07) is 7.00. The zero-order valence-corrected chi connectivity index (χ0v) is 18.7. The van der Waals surface area contributed by atoms with Gasteiger partial charge in [0.25, 0.3) is 0 Å². The number of hydrogen-bond donors (Lipinski definition) is 2. The second-order valence-corrected chi connectivity index (χ2v) is 9.30. The van der Waals surface area contributed by atoms with E-state index in [1.165, 1.54) is 38.1 Å². The lowest BCUT2D eigenvalue weighted by molar-refractivity contribution is -0.161. The number of esters is 1. The number of primary amides is 1. The molecule has 5 nitrogen and oxygen atoms in total. The van der Waals surface area contributed by atoms with Crippen molar-refractivity contribution in [3.05, 3.63) is 59.2 Å². The Kier molecular flexibility index (Phi) is 6.32. The fourth-order valence-corrected chi connectivity index (χ4v) is 3.92. The molecule has 0 spiro atoms. The highest BCUT2D eigenvalue weighted by atomic mass is 19.4. The summed E-state index contributed by atoms with van der Waals surface area (Å²) in [7, 11) is 0. The third-order valence-electron chi connectivity index (χ3n) is 5.54. The van der Waals surface area contributed by atoms with Crippen LogP contribution in [0.2, 0.25) is 0 Å². The highest BCUT2D eigenvalue weighted by Gasteiger charge is 2.43. The van der Waals surface area contributed by atoms with Crippen molar-refractivity contribution in [3.63, 3.8) is 0 Å². The van der Waals surface area contributed by atoms with Gasteiger partial charge in [-0.05, 0) is 56.5 Å². The maximum Gasteiger partial charge on any atom is 0.407 e. The van der Waals surface area contributed by atoms with Gasteiger partial charge in [-0.1, -0.05) is 30.3 Å². The van der Waals surface area contributed by atoms with Crippen LogP contribution >= 0.6 is 0 Å². The van der Waals surface area contributed by atoms with Crippen LogP contribution in [0.3, 0.4) is 0 Å². The van der Waals surface area contributed by atoms with Crippen LogP contribution < -0.4 is 11.1 Å². The molecule has 33 heavy (non-hydrogen) atoms. The topological polar surface area (TPSA) is 81.4 Å². The number of amides is 1. The lowest BCUT2D eigenvalue weighted by Crippen LogP contribution is -2.49. The summed E-state index contributed by atoms with van der Waals surface area (Å²) in [5.41, 5.74) is 4.87. The molecule has 1 heterocycles. The zero-order valence-electron chi connectivity index (χ0n) is 18.7. The Morgan fingerprint density at radius 3 is 2.15 bits per heavy atom. The SMILES string of the molecule is CC(C)(F)C[C@H](N[C@@H](c1ccc(-c2ccc3c(c2)C(C)(C)OC3=O)cc1)C(F)(F)F)C(N)=O. The molecule has 0 bridgehead atoms. The van der Waals surface area contributed by atoms with Crippen LogP contribution in [0.25, 0.3) is 11.1 Å². The molecule has 0 saturated carbocycles. The maximum absolute atomic E-state index is 14.0. The number of halogens is 4. The standard InChI is InChI=1S/C24H26F4N2O3/c1-22(2,25)12-18(20(29)31)30-19(24(26,27)28)14-7-5-13(6-8-14)15-9-10-16-17(11-15)23(3,4)33-21(16)32/h5-11,18-19,30H,12H2,1-4H3,(H2,29,31)/t18-,19-/m0/s1. The fraction of sp³-hybridized carbons (Fsp3) is 0.417. The molecule has 2 atom stereocenters. The number of benzene rings is 2. The second kappa shape index (κ2) is 8.44. The van der Waals surface area contributed by atoms with Crippen LogP contribution in [-0.4, -0.2) is 29.8 Å². The van der Waals surface area contributed by atoms with Gasteiger partial charge in [0, 0.05) is 12.0 Å². The molecule has 1 amide bonds. The van der Waals surface area contributed by atoms with Gasteiger partial charge in [-0.2, -0.15) is 13.2 Å². The van der Waals surface area contributed by atoms with E-state index < -0.39 is 47.8 Å². The third kappa shape index (κ3) is 5.52. The molecule has 0 aliphatic carbocycles. The number of fused-ring (bicyclic) bond motifs is 1. The predicted molar refractivity (Wildman–Crippen MR) is 115 cm³/mol. The van der Waals surface area contributed by atoms with Crippen molar-refractivity contribution >= 4 is 11.9 Å². The molecule has 3 rings (SSSR count). The van der Waals surface area contributed by atoms with Gasteiger partial charge in [0.1, 0.15) is 17.3 Å². The summed E-state index contributed by atoms with van der Waals surface area (Å²) in [5.74, 6) is -1.49. The minimum absolute atomic E-state index is 0.144. The van der Waals surface area contributed by atoms with Gasteiger partial charge >= 0.3 is 12.1 Å². The second-order valence-electron chi connectivity index (χ2n) is 9.30. The first-order valence-corrected chi connectivity index (χ1v) is 10.4. The lowest BCUT2D eigenvalue weighted by Gasteiger charge is -2.28. The van der Waals surface area contributed by atoms with Gasteiger partial charge in [0.05, 0.1) is 11.6 Å². The minimum Gasteiger partial charge on any atom is -0.451 e. The Morgan fingerprint density at radius 1 is 1.06 bits per heavy atom. The molecule has 0 fully saturated rings. The molecule has 0 unspecified atom stereocenters. The number of carbonyl (C=O) groups excluding carboxylic acids is 2. The average Bonchev–Trinajstić information content (AvgIpc) is 2.91. The number of rotatable bonds is 7. The number of ether oxygens (including phenoxy) is 1. The monoisotopic (exact) mass is 466 g/mol. The highest BCUT2D eigenvalue weighted by molar-refractivity contribution is 5.95. The first kappa shape index (κ1) is 24.7. The van der Waals surface area contributed by atoms with E-state index in [0.717, 1.165) is 0 Å². The van der Waals surface area contributed by atoms with E-state index in [9.17, 15) is 27.2 Å². The molecule has 1 aliphatic heterocycles. The number of cyclic esters (lactones) is 1. The number of alkyl halides is 4. The average molecular weight is 466 g/mol. The third-order valence-corrected chi connectivity index (χ3v) is 5.54.